The molecule has 0 aliphatic heterocycles. The molecule has 0 unspecified atom stereocenters. The summed E-state index contributed by atoms with van der Waals surface area (Å²) in [5.41, 5.74) is 1.04. The summed E-state index contributed by atoms with van der Waals surface area (Å²) in [5.74, 6) is 0.633. The molecule has 0 N–H and O–H groups in total. The van der Waals surface area contributed by atoms with E-state index >= 15 is 0 Å². The van der Waals surface area contributed by atoms with Crippen molar-refractivity contribution in [3.63, 3.8) is 0 Å². The van der Waals surface area contributed by atoms with Gasteiger partial charge in [0, 0.05) is 5.33 Å². The molecule has 3 nitrogen and oxygen atoms in total. The van der Waals surface area contributed by atoms with Gasteiger partial charge >= 0.3 is 0 Å². The lowest BCUT2D eigenvalue weighted by Gasteiger charge is -2.06. The van der Waals surface area contributed by atoms with Crippen molar-refractivity contribution < 1.29 is 13.2 Å². The Morgan fingerprint density at radius 2 is 1.42 bits per heavy atom. The zero-order chi connectivity index (χ0) is 13.9. The first-order valence-electron chi connectivity index (χ1n) is 5.62. The van der Waals surface area contributed by atoms with Crippen LogP contribution < -0.4 is 4.74 Å². The molecule has 0 amide bonds. The van der Waals surface area contributed by atoms with E-state index in [1.165, 1.54) is 0 Å². The highest BCUT2D eigenvalue weighted by atomic mass is 79.9. The Morgan fingerprint density at radius 1 is 0.947 bits per heavy atom. The molecule has 2 rings (SSSR count). The van der Waals surface area contributed by atoms with E-state index in [-0.39, 0.29) is 4.90 Å². The first-order valence-corrected chi connectivity index (χ1v) is 8.22. The number of halogens is 1. The molecule has 0 saturated heterocycles. The van der Waals surface area contributed by atoms with E-state index in [1.807, 2.05) is 0 Å². The van der Waals surface area contributed by atoms with Gasteiger partial charge in [-0.15, -0.1) is 0 Å². The SMILES string of the molecule is COc1ccc(S(=O)(=O)c2ccc(CBr)cc2)cc1. The molecule has 0 aliphatic carbocycles. The number of methoxy groups -OCH3 is 1. The van der Waals surface area contributed by atoms with Gasteiger partial charge in [-0.25, -0.2) is 8.42 Å². The number of benzene rings is 2. The fourth-order valence-corrected chi connectivity index (χ4v) is 3.28. The molecule has 0 atom stereocenters. The molecular formula is C14H13BrO3S. The number of rotatable bonds is 4. The fraction of sp³-hybridized carbons (Fsp3) is 0.143. The Kier molecular flexibility index (Phi) is 4.27. The lowest BCUT2D eigenvalue weighted by atomic mass is 10.2. The zero-order valence-electron chi connectivity index (χ0n) is 10.3. The monoisotopic (exact) mass is 340 g/mol. The van der Waals surface area contributed by atoms with Crippen molar-refractivity contribution in [2.24, 2.45) is 0 Å². The van der Waals surface area contributed by atoms with Crippen LogP contribution in [0.25, 0.3) is 0 Å². The highest BCUT2D eigenvalue weighted by Gasteiger charge is 2.17. The van der Waals surface area contributed by atoms with Crippen LogP contribution in [0.3, 0.4) is 0 Å². The number of alkyl halides is 1. The minimum atomic E-state index is -3.46. The van der Waals surface area contributed by atoms with Gasteiger partial charge in [-0.05, 0) is 42.0 Å². The van der Waals surface area contributed by atoms with Crippen molar-refractivity contribution >= 4 is 25.8 Å². The Labute approximate surface area is 121 Å². The quantitative estimate of drug-likeness (QED) is 0.801. The Hall–Kier alpha value is -1.33. The van der Waals surface area contributed by atoms with Crippen LogP contribution in [0.1, 0.15) is 5.56 Å². The van der Waals surface area contributed by atoms with Crippen molar-refractivity contribution in [2.45, 2.75) is 15.1 Å². The second-order valence-electron chi connectivity index (χ2n) is 3.96. The fourth-order valence-electron chi connectivity index (χ4n) is 1.65. The second kappa shape index (κ2) is 5.75. The van der Waals surface area contributed by atoms with Crippen molar-refractivity contribution in [2.75, 3.05) is 7.11 Å². The van der Waals surface area contributed by atoms with Crippen LogP contribution in [0.2, 0.25) is 0 Å². The van der Waals surface area contributed by atoms with Crippen LogP contribution in [0.15, 0.2) is 58.3 Å². The maximum atomic E-state index is 12.4. The number of sulfone groups is 1. The van der Waals surface area contributed by atoms with E-state index in [4.69, 9.17) is 4.74 Å². The summed E-state index contributed by atoms with van der Waals surface area (Å²) >= 11 is 3.33. The van der Waals surface area contributed by atoms with Gasteiger partial charge in [-0.1, -0.05) is 28.1 Å². The summed E-state index contributed by atoms with van der Waals surface area (Å²) in [5, 5.41) is 0.704. The van der Waals surface area contributed by atoms with Crippen LogP contribution in [-0.4, -0.2) is 15.5 Å². The van der Waals surface area contributed by atoms with E-state index < -0.39 is 9.84 Å². The minimum Gasteiger partial charge on any atom is -0.497 e. The van der Waals surface area contributed by atoms with E-state index in [2.05, 4.69) is 15.9 Å². The van der Waals surface area contributed by atoms with Crippen LogP contribution in [-0.2, 0) is 15.2 Å². The molecule has 0 fully saturated rings. The average molecular weight is 341 g/mol. The molecule has 5 heteroatoms. The van der Waals surface area contributed by atoms with Gasteiger partial charge in [0.2, 0.25) is 9.84 Å². The molecule has 0 heterocycles. The number of ether oxygens (including phenoxy) is 1. The average Bonchev–Trinajstić information content (AvgIpc) is 2.47. The first kappa shape index (κ1) is 14.1. The summed E-state index contributed by atoms with van der Waals surface area (Å²) in [7, 11) is -1.92. The summed E-state index contributed by atoms with van der Waals surface area (Å²) in [6.45, 7) is 0. The molecule has 0 aliphatic rings. The van der Waals surface area contributed by atoms with Crippen molar-refractivity contribution in [3.05, 3.63) is 54.1 Å². The molecule has 0 spiro atoms. The van der Waals surface area contributed by atoms with Gasteiger partial charge in [0.05, 0.1) is 16.9 Å². The summed E-state index contributed by atoms with van der Waals surface area (Å²) in [6.07, 6.45) is 0. The lowest BCUT2D eigenvalue weighted by molar-refractivity contribution is 0.414. The van der Waals surface area contributed by atoms with Gasteiger partial charge in [-0.3, -0.25) is 0 Å². The van der Waals surface area contributed by atoms with Gasteiger partial charge in [-0.2, -0.15) is 0 Å². The van der Waals surface area contributed by atoms with Crippen molar-refractivity contribution in [1.82, 2.24) is 0 Å². The maximum absolute atomic E-state index is 12.4. The van der Waals surface area contributed by atoms with Crippen LogP contribution in [0, 0.1) is 0 Å². The highest BCUT2D eigenvalue weighted by molar-refractivity contribution is 9.08. The molecule has 2 aromatic carbocycles. The molecular weight excluding hydrogens is 328 g/mol. The third-order valence-electron chi connectivity index (χ3n) is 2.76. The van der Waals surface area contributed by atoms with Crippen LogP contribution >= 0.6 is 15.9 Å². The molecule has 0 radical (unpaired) electrons. The zero-order valence-corrected chi connectivity index (χ0v) is 12.7. The van der Waals surface area contributed by atoms with Gasteiger partial charge in [0.1, 0.15) is 5.75 Å². The Balaban J connectivity index is 2.39. The van der Waals surface area contributed by atoms with Crippen LogP contribution in [0.5, 0.6) is 5.75 Å². The number of hydrogen-bond acceptors (Lipinski definition) is 3. The third kappa shape index (κ3) is 2.98. The predicted octanol–water partition coefficient (Wildman–Crippen LogP) is 3.42. The molecule has 2 aromatic rings. The lowest BCUT2D eigenvalue weighted by Crippen LogP contribution is -2.02. The standard InChI is InChI=1S/C14H13BrO3S/c1-18-12-4-8-14(9-5-12)19(16,17)13-6-2-11(10-15)3-7-13/h2-9H,10H2,1H3. The molecule has 100 valence electrons. The predicted molar refractivity (Wildman–Crippen MR) is 77.5 cm³/mol. The van der Waals surface area contributed by atoms with E-state index in [0.29, 0.717) is 16.0 Å². The number of hydrogen-bond donors (Lipinski definition) is 0. The summed E-state index contributed by atoms with van der Waals surface area (Å²) in [6, 6.07) is 13.2. The van der Waals surface area contributed by atoms with E-state index in [9.17, 15) is 8.42 Å². The molecule has 0 bridgehead atoms. The van der Waals surface area contributed by atoms with E-state index in [1.54, 1.807) is 55.6 Å². The maximum Gasteiger partial charge on any atom is 0.206 e. The summed E-state index contributed by atoms with van der Waals surface area (Å²) in [4.78, 5) is 0.558. The van der Waals surface area contributed by atoms with Crippen molar-refractivity contribution in [3.8, 4) is 5.75 Å². The second-order valence-corrected chi connectivity index (χ2v) is 6.47. The third-order valence-corrected chi connectivity index (χ3v) is 5.19. The topological polar surface area (TPSA) is 43.4 Å². The highest BCUT2D eigenvalue weighted by Crippen LogP contribution is 2.23. The smallest absolute Gasteiger partial charge is 0.206 e. The minimum absolute atomic E-state index is 0.264. The molecule has 0 aromatic heterocycles. The normalized spacial score (nSPS) is 11.3. The summed E-state index contributed by atoms with van der Waals surface area (Å²) < 4.78 is 29.8. The molecule has 0 saturated carbocycles. The van der Waals surface area contributed by atoms with Gasteiger partial charge in [0.25, 0.3) is 0 Å². The van der Waals surface area contributed by atoms with Crippen molar-refractivity contribution in [1.29, 1.82) is 0 Å². The van der Waals surface area contributed by atoms with E-state index in [0.717, 1.165) is 5.56 Å². The first-order chi connectivity index (χ1) is 9.07. The Bertz CT molecular complexity index is 593. The largest absolute Gasteiger partial charge is 0.497 e. The Morgan fingerprint density at radius 3 is 1.84 bits per heavy atom. The molecule has 19 heavy (non-hydrogen) atoms. The van der Waals surface area contributed by atoms with Gasteiger partial charge in [0.15, 0.2) is 0 Å². The van der Waals surface area contributed by atoms with Crippen LogP contribution in [0.4, 0.5) is 0 Å². The van der Waals surface area contributed by atoms with Gasteiger partial charge < -0.3 is 4.74 Å².